The van der Waals surface area contributed by atoms with Crippen LogP contribution >= 0.6 is 0 Å². The van der Waals surface area contributed by atoms with Crippen molar-refractivity contribution in [3.63, 3.8) is 0 Å². The molecule has 4 rings (SSSR count). The normalized spacial score (nSPS) is 10.6. The zero-order valence-electron chi connectivity index (χ0n) is 18.8. The van der Waals surface area contributed by atoms with E-state index in [2.05, 4.69) is 10.3 Å². The predicted molar refractivity (Wildman–Crippen MR) is 128 cm³/mol. The predicted octanol–water partition coefficient (Wildman–Crippen LogP) is 4.95. The lowest BCUT2D eigenvalue weighted by Crippen LogP contribution is -2.24. The molecule has 1 N–H and O–H groups in total. The minimum absolute atomic E-state index is 0.0598. The van der Waals surface area contributed by atoms with Gasteiger partial charge in [-0.15, -0.1) is 0 Å². The maximum absolute atomic E-state index is 12.9. The van der Waals surface area contributed by atoms with Crippen molar-refractivity contribution >= 4 is 11.8 Å². The molecule has 6 nitrogen and oxygen atoms in total. The third-order valence-corrected chi connectivity index (χ3v) is 5.30. The first-order valence-corrected chi connectivity index (χ1v) is 10.6. The summed E-state index contributed by atoms with van der Waals surface area (Å²) >= 11 is 0. The summed E-state index contributed by atoms with van der Waals surface area (Å²) in [6.45, 7) is 2.37. The van der Waals surface area contributed by atoms with Gasteiger partial charge in [0.25, 0.3) is 11.8 Å². The quantitative estimate of drug-likeness (QED) is 0.461. The Hall–Kier alpha value is -4.19. The molecule has 6 heteroatoms. The smallest absolute Gasteiger partial charge is 0.253 e. The van der Waals surface area contributed by atoms with Gasteiger partial charge in [-0.2, -0.15) is 0 Å². The molecule has 1 heterocycles. The maximum Gasteiger partial charge on any atom is 0.253 e. The van der Waals surface area contributed by atoms with Crippen molar-refractivity contribution in [3.05, 3.63) is 101 Å². The summed E-state index contributed by atoms with van der Waals surface area (Å²) in [4.78, 5) is 30.9. The zero-order chi connectivity index (χ0) is 23.4. The van der Waals surface area contributed by atoms with Crippen molar-refractivity contribution in [2.45, 2.75) is 13.5 Å². The molecule has 0 atom stereocenters. The Kier molecular flexibility index (Phi) is 6.36. The van der Waals surface area contributed by atoms with E-state index < -0.39 is 0 Å². The Morgan fingerprint density at radius 1 is 0.939 bits per heavy atom. The van der Waals surface area contributed by atoms with Crippen LogP contribution in [-0.4, -0.2) is 35.8 Å². The van der Waals surface area contributed by atoms with Crippen LogP contribution in [0.15, 0.2) is 83.4 Å². The van der Waals surface area contributed by atoms with E-state index in [1.54, 1.807) is 38.5 Å². The molecule has 1 aromatic heterocycles. The summed E-state index contributed by atoms with van der Waals surface area (Å²) in [7, 11) is 3.43. The molecular formula is C27H25N3O3. The van der Waals surface area contributed by atoms with Gasteiger partial charge in [-0.05, 0) is 36.8 Å². The molecule has 3 aromatic carbocycles. The topological polar surface area (TPSA) is 75.4 Å². The maximum atomic E-state index is 12.9. The minimum atomic E-state index is -0.228. The molecule has 0 spiro atoms. The number of benzene rings is 3. The molecule has 33 heavy (non-hydrogen) atoms. The van der Waals surface area contributed by atoms with Gasteiger partial charge in [0.1, 0.15) is 0 Å². The largest absolute Gasteiger partial charge is 0.436 e. The highest BCUT2D eigenvalue weighted by molar-refractivity contribution is 6.00. The van der Waals surface area contributed by atoms with Crippen LogP contribution < -0.4 is 5.32 Å². The van der Waals surface area contributed by atoms with E-state index in [0.717, 1.165) is 11.1 Å². The number of aryl methyl sites for hydroxylation is 1. The van der Waals surface area contributed by atoms with Crippen molar-refractivity contribution in [2.75, 3.05) is 14.1 Å². The molecule has 0 fully saturated rings. The average molecular weight is 440 g/mol. The second-order valence-corrected chi connectivity index (χ2v) is 8.02. The van der Waals surface area contributed by atoms with Crippen LogP contribution in [0.3, 0.4) is 0 Å². The highest BCUT2D eigenvalue weighted by Gasteiger charge is 2.17. The molecule has 0 radical (unpaired) electrons. The number of nitrogens with one attached hydrogen (secondary N) is 1. The lowest BCUT2D eigenvalue weighted by atomic mass is 10.1. The van der Waals surface area contributed by atoms with Crippen LogP contribution in [0.1, 0.15) is 31.8 Å². The standard InChI is InChI=1S/C27H25N3O3/c1-18-8-12-20(13-9-18)24-17-29-26(33-24)23-7-5-4-6-22(23)25(31)28-16-19-10-14-21(15-11-19)27(32)30(2)3/h4-15,17H,16H2,1-3H3,(H,28,31). The summed E-state index contributed by atoms with van der Waals surface area (Å²) in [5.74, 6) is 0.750. The fourth-order valence-corrected chi connectivity index (χ4v) is 3.42. The molecule has 0 aliphatic carbocycles. The van der Waals surface area contributed by atoms with Gasteiger partial charge in [-0.3, -0.25) is 9.59 Å². The van der Waals surface area contributed by atoms with Crippen molar-refractivity contribution in [2.24, 2.45) is 0 Å². The summed E-state index contributed by atoms with van der Waals surface area (Å²) in [6.07, 6.45) is 1.67. The lowest BCUT2D eigenvalue weighted by molar-refractivity contribution is 0.0827. The number of oxazole rings is 1. The van der Waals surface area contributed by atoms with Gasteiger partial charge in [0.15, 0.2) is 5.76 Å². The Morgan fingerprint density at radius 3 is 2.33 bits per heavy atom. The summed E-state index contributed by atoms with van der Waals surface area (Å²) < 4.78 is 5.98. The van der Waals surface area contributed by atoms with Crippen LogP contribution in [0.4, 0.5) is 0 Å². The van der Waals surface area contributed by atoms with Gasteiger partial charge in [0.05, 0.1) is 11.8 Å². The first-order chi connectivity index (χ1) is 15.9. The van der Waals surface area contributed by atoms with Crippen molar-refractivity contribution in [1.29, 1.82) is 0 Å². The Bertz CT molecular complexity index is 1270. The monoisotopic (exact) mass is 439 g/mol. The highest BCUT2D eigenvalue weighted by Crippen LogP contribution is 2.28. The summed E-state index contributed by atoms with van der Waals surface area (Å²) in [6, 6.07) is 22.4. The van der Waals surface area contributed by atoms with Gasteiger partial charge in [-0.1, -0.05) is 54.1 Å². The second-order valence-electron chi connectivity index (χ2n) is 8.02. The molecule has 0 unspecified atom stereocenters. The summed E-state index contributed by atoms with van der Waals surface area (Å²) in [5.41, 5.74) is 4.70. The fourth-order valence-electron chi connectivity index (χ4n) is 3.42. The third kappa shape index (κ3) is 5.01. The van der Waals surface area contributed by atoms with E-state index in [1.807, 2.05) is 61.5 Å². The molecule has 0 aliphatic heterocycles. The van der Waals surface area contributed by atoms with E-state index in [9.17, 15) is 9.59 Å². The highest BCUT2D eigenvalue weighted by atomic mass is 16.4. The average Bonchev–Trinajstić information content (AvgIpc) is 3.33. The number of hydrogen-bond acceptors (Lipinski definition) is 4. The van der Waals surface area contributed by atoms with Crippen LogP contribution in [0.2, 0.25) is 0 Å². The second kappa shape index (κ2) is 9.53. The van der Waals surface area contributed by atoms with Gasteiger partial charge in [-0.25, -0.2) is 4.98 Å². The minimum Gasteiger partial charge on any atom is -0.436 e. The fraction of sp³-hybridized carbons (Fsp3) is 0.148. The molecule has 2 amide bonds. The Morgan fingerprint density at radius 2 is 1.64 bits per heavy atom. The van der Waals surface area contributed by atoms with E-state index in [-0.39, 0.29) is 11.8 Å². The van der Waals surface area contributed by atoms with E-state index in [1.165, 1.54) is 10.5 Å². The van der Waals surface area contributed by atoms with Gasteiger partial charge in [0.2, 0.25) is 5.89 Å². The molecular weight excluding hydrogens is 414 g/mol. The Balaban J connectivity index is 1.49. The molecule has 0 aliphatic rings. The first-order valence-electron chi connectivity index (χ1n) is 10.6. The van der Waals surface area contributed by atoms with Gasteiger partial charge in [0, 0.05) is 37.3 Å². The van der Waals surface area contributed by atoms with Crippen LogP contribution in [-0.2, 0) is 6.54 Å². The van der Waals surface area contributed by atoms with Crippen molar-refractivity contribution in [3.8, 4) is 22.8 Å². The summed E-state index contributed by atoms with van der Waals surface area (Å²) in [5, 5.41) is 2.94. The number of aromatic nitrogens is 1. The SMILES string of the molecule is Cc1ccc(-c2cnc(-c3ccccc3C(=O)NCc3ccc(C(=O)N(C)C)cc3)o2)cc1. The van der Waals surface area contributed by atoms with Crippen molar-refractivity contribution in [1.82, 2.24) is 15.2 Å². The van der Waals surface area contributed by atoms with E-state index in [4.69, 9.17) is 4.42 Å². The number of carbonyl (C=O) groups excluding carboxylic acids is 2. The van der Waals surface area contributed by atoms with Crippen LogP contribution in [0.5, 0.6) is 0 Å². The van der Waals surface area contributed by atoms with Crippen LogP contribution in [0, 0.1) is 6.92 Å². The zero-order valence-corrected chi connectivity index (χ0v) is 18.8. The number of carbonyl (C=O) groups is 2. The number of rotatable bonds is 6. The van der Waals surface area contributed by atoms with Gasteiger partial charge < -0.3 is 14.6 Å². The molecule has 0 saturated carbocycles. The Labute approximate surface area is 192 Å². The first kappa shape index (κ1) is 22.0. The third-order valence-electron chi connectivity index (χ3n) is 5.30. The van der Waals surface area contributed by atoms with Crippen LogP contribution in [0.25, 0.3) is 22.8 Å². The molecule has 0 saturated heterocycles. The molecule has 4 aromatic rings. The van der Waals surface area contributed by atoms with Gasteiger partial charge >= 0.3 is 0 Å². The molecule has 0 bridgehead atoms. The number of hydrogen-bond donors (Lipinski definition) is 1. The number of nitrogens with zero attached hydrogens (tertiary/aromatic N) is 2. The van der Waals surface area contributed by atoms with E-state index >= 15 is 0 Å². The molecule has 166 valence electrons. The number of amides is 2. The van der Waals surface area contributed by atoms with Crippen molar-refractivity contribution < 1.29 is 14.0 Å². The van der Waals surface area contributed by atoms with E-state index in [0.29, 0.717) is 34.9 Å². The lowest BCUT2D eigenvalue weighted by Gasteiger charge is -2.11.